The molecule has 4 aliphatic rings. The normalized spacial score (nSPS) is 50.1. The van der Waals surface area contributed by atoms with Crippen LogP contribution < -0.4 is 0 Å². The van der Waals surface area contributed by atoms with Crippen LogP contribution >= 0.6 is 0 Å². The molecule has 28 heavy (non-hydrogen) atoms. The van der Waals surface area contributed by atoms with Crippen molar-refractivity contribution in [2.24, 2.45) is 34.5 Å². The lowest BCUT2D eigenvalue weighted by atomic mass is 9.44. The minimum Gasteiger partial charge on any atom is -0.467 e. The molecule has 0 spiro atoms. The van der Waals surface area contributed by atoms with E-state index < -0.39 is 11.6 Å². The Morgan fingerprint density at radius 1 is 0.964 bits per heavy atom. The average Bonchev–Trinajstić information content (AvgIpc) is 2.93. The summed E-state index contributed by atoms with van der Waals surface area (Å²) in [5.74, 6) is 1.60. The number of hydrogen-bond acceptors (Lipinski definition) is 5. The van der Waals surface area contributed by atoms with Gasteiger partial charge in [-0.1, -0.05) is 13.8 Å². The highest BCUT2D eigenvalue weighted by Gasteiger charge is 2.67. The largest absolute Gasteiger partial charge is 0.467 e. The molecular formula is C23H36O5. The van der Waals surface area contributed by atoms with Gasteiger partial charge in [0.15, 0.2) is 5.60 Å². The Balaban J connectivity index is 1.56. The molecule has 4 saturated carbocycles. The molecular weight excluding hydrogens is 356 g/mol. The number of carbonyl (C=O) groups excluding carboxylic acids is 2. The molecule has 0 heterocycles. The maximum Gasteiger partial charge on any atom is 0.338 e. The summed E-state index contributed by atoms with van der Waals surface area (Å²) in [4.78, 5) is 23.9. The minimum atomic E-state index is -1.33. The molecule has 4 aliphatic carbocycles. The first-order valence-electron chi connectivity index (χ1n) is 11.1. The van der Waals surface area contributed by atoms with E-state index in [1.165, 1.54) is 20.5 Å². The van der Waals surface area contributed by atoms with Crippen molar-refractivity contribution < 1.29 is 24.2 Å². The van der Waals surface area contributed by atoms with Crippen LogP contribution in [0.5, 0.6) is 0 Å². The van der Waals surface area contributed by atoms with Gasteiger partial charge in [0.2, 0.25) is 0 Å². The highest BCUT2D eigenvalue weighted by molar-refractivity contribution is 5.81. The van der Waals surface area contributed by atoms with Gasteiger partial charge in [-0.05, 0) is 86.9 Å². The minimum absolute atomic E-state index is 0.0804. The Labute approximate surface area is 168 Å². The van der Waals surface area contributed by atoms with Gasteiger partial charge in [0, 0.05) is 12.3 Å². The first-order valence-corrected chi connectivity index (χ1v) is 11.1. The van der Waals surface area contributed by atoms with Crippen LogP contribution in [0.4, 0.5) is 0 Å². The van der Waals surface area contributed by atoms with E-state index in [1.54, 1.807) is 0 Å². The zero-order chi connectivity index (χ0) is 20.3. The summed E-state index contributed by atoms with van der Waals surface area (Å²) in [6.07, 6.45) is 8.88. The van der Waals surface area contributed by atoms with E-state index >= 15 is 0 Å². The van der Waals surface area contributed by atoms with Crippen molar-refractivity contribution >= 4 is 11.9 Å². The summed E-state index contributed by atoms with van der Waals surface area (Å²) in [7, 11) is 1.39. The van der Waals surface area contributed by atoms with E-state index in [2.05, 4.69) is 13.8 Å². The molecule has 0 aromatic heterocycles. The summed E-state index contributed by atoms with van der Waals surface area (Å²) >= 11 is 0. The predicted octanol–water partition coefficient (Wildman–Crippen LogP) is 3.86. The second-order valence-corrected chi connectivity index (χ2v) is 10.5. The molecule has 158 valence electrons. The Bertz CT molecular complexity index is 661. The van der Waals surface area contributed by atoms with Crippen LogP contribution in [-0.4, -0.2) is 35.9 Å². The number of aliphatic hydroxyl groups is 1. The van der Waals surface area contributed by atoms with Gasteiger partial charge < -0.3 is 14.6 Å². The lowest BCUT2D eigenvalue weighted by molar-refractivity contribution is -0.191. The maximum absolute atomic E-state index is 12.5. The van der Waals surface area contributed by atoms with E-state index in [0.717, 1.165) is 44.9 Å². The second kappa shape index (κ2) is 6.72. The highest BCUT2D eigenvalue weighted by Crippen LogP contribution is 2.68. The van der Waals surface area contributed by atoms with Crippen molar-refractivity contribution in [1.82, 2.24) is 0 Å². The molecule has 0 amide bonds. The fourth-order valence-electron chi connectivity index (χ4n) is 8.08. The number of rotatable bonds is 2. The third-order valence-electron chi connectivity index (χ3n) is 9.62. The lowest BCUT2D eigenvalue weighted by Gasteiger charge is -2.61. The van der Waals surface area contributed by atoms with Crippen molar-refractivity contribution in [2.75, 3.05) is 7.11 Å². The fraction of sp³-hybridized carbons (Fsp3) is 0.913. The topological polar surface area (TPSA) is 72.8 Å². The molecule has 4 fully saturated rings. The van der Waals surface area contributed by atoms with Crippen LogP contribution in [0.15, 0.2) is 0 Å². The van der Waals surface area contributed by atoms with Crippen molar-refractivity contribution in [2.45, 2.75) is 90.3 Å². The summed E-state index contributed by atoms with van der Waals surface area (Å²) in [6, 6.07) is 0. The molecule has 0 radical (unpaired) electrons. The number of methoxy groups -OCH3 is 1. The number of fused-ring (bicyclic) bond motifs is 5. The molecule has 5 nitrogen and oxygen atoms in total. The Hall–Kier alpha value is -1.10. The van der Waals surface area contributed by atoms with Crippen molar-refractivity contribution in [3.63, 3.8) is 0 Å². The fourth-order valence-corrected chi connectivity index (χ4v) is 8.08. The zero-order valence-electron chi connectivity index (χ0n) is 17.8. The van der Waals surface area contributed by atoms with Gasteiger partial charge >= 0.3 is 11.9 Å². The van der Waals surface area contributed by atoms with Crippen molar-refractivity contribution in [3.05, 3.63) is 0 Å². The maximum atomic E-state index is 12.5. The monoisotopic (exact) mass is 392 g/mol. The lowest BCUT2D eigenvalue weighted by Crippen LogP contribution is -2.59. The van der Waals surface area contributed by atoms with Crippen molar-refractivity contribution in [3.8, 4) is 0 Å². The van der Waals surface area contributed by atoms with Gasteiger partial charge in [-0.2, -0.15) is 0 Å². The number of ether oxygens (including phenoxy) is 2. The van der Waals surface area contributed by atoms with Crippen LogP contribution in [0.2, 0.25) is 0 Å². The van der Waals surface area contributed by atoms with Crippen LogP contribution in [0, 0.1) is 34.5 Å². The van der Waals surface area contributed by atoms with Gasteiger partial charge in [-0.25, -0.2) is 4.79 Å². The molecule has 0 bridgehead atoms. The van der Waals surface area contributed by atoms with E-state index in [9.17, 15) is 14.7 Å². The third kappa shape index (κ3) is 2.68. The first-order chi connectivity index (χ1) is 13.2. The Morgan fingerprint density at radius 3 is 2.36 bits per heavy atom. The number of carbonyl (C=O) groups is 2. The van der Waals surface area contributed by atoms with E-state index in [1.807, 2.05) is 0 Å². The standard InChI is InChI=1S/C23H36O5/c1-14(24)28-16-7-10-21(2)15(13-16)5-6-17-18(21)8-11-22(3)19(17)9-12-23(22,26)20(25)27-4/h15-19,26H,5-13H2,1-4H3/t15-,16-,17+,18-,19+,21-,22-,23-/m0/s1. The summed E-state index contributed by atoms with van der Waals surface area (Å²) in [5.41, 5.74) is -1.42. The Morgan fingerprint density at radius 2 is 1.68 bits per heavy atom. The average molecular weight is 393 g/mol. The molecule has 0 aromatic carbocycles. The molecule has 8 atom stereocenters. The van der Waals surface area contributed by atoms with Crippen LogP contribution in [0.3, 0.4) is 0 Å². The Kier molecular flexibility index (Phi) is 4.84. The van der Waals surface area contributed by atoms with Gasteiger partial charge in [-0.15, -0.1) is 0 Å². The van der Waals surface area contributed by atoms with Crippen molar-refractivity contribution in [1.29, 1.82) is 0 Å². The van der Waals surface area contributed by atoms with Crippen LogP contribution in [-0.2, 0) is 19.1 Å². The van der Waals surface area contributed by atoms with E-state index in [0.29, 0.717) is 30.1 Å². The van der Waals surface area contributed by atoms with Crippen LogP contribution in [0.1, 0.15) is 78.6 Å². The van der Waals surface area contributed by atoms with Gasteiger partial charge in [0.1, 0.15) is 6.10 Å². The summed E-state index contributed by atoms with van der Waals surface area (Å²) in [5, 5.41) is 11.3. The predicted molar refractivity (Wildman–Crippen MR) is 104 cm³/mol. The molecule has 5 heteroatoms. The van der Waals surface area contributed by atoms with E-state index in [4.69, 9.17) is 9.47 Å². The zero-order valence-corrected chi connectivity index (χ0v) is 17.8. The molecule has 0 unspecified atom stereocenters. The van der Waals surface area contributed by atoms with Crippen LogP contribution in [0.25, 0.3) is 0 Å². The van der Waals surface area contributed by atoms with Gasteiger partial charge in [-0.3, -0.25) is 4.79 Å². The third-order valence-corrected chi connectivity index (χ3v) is 9.62. The highest BCUT2D eigenvalue weighted by atomic mass is 16.5. The molecule has 0 saturated heterocycles. The summed E-state index contributed by atoms with van der Waals surface area (Å²) < 4.78 is 10.6. The SMILES string of the molecule is COC(=O)[C@@]1(O)CC[C@@H]2[C@@H]3CC[C@H]4C[C@@H](OC(C)=O)CC[C@]4(C)[C@H]3CC[C@@]21C. The molecule has 0 aromatic rings. The quantitative estimate of drug-likeness (QED) is 0.722. The number of hydrogen-bond donors (Lipinski definition) is 1. The second-order valence-electron chi connectivity index (χ2n) is 10.5. The first kappa shape index (κ1) is 20.2. The van der Waals surface area contributed by atoms with Gasteiger partial charge in [0.05, 0.1) is 7.11 Å². The number of esters is 2. The smallest absolute Gasteiger partial charge is 0.338 e. The van der Waals surface area contributed by atoms with E-state index in [-0.39, 0.29) is 22.9 Å². The summed E-state index contributed by atoms with van der Waals surface area (Å²) in [6.45, 7) is 6.10. The molecule has 4 rings (SSSR count). The molecule has 1 N–H and O–H groups in total. The van der Waals surface area contributed by atoms with Gasteiger partial charge in [0.25, 0.3) is 0 Å². The molecule has 0 aliphatic heterocycles.